The van der Waals surface area contributed by atoms with E-state index >= 15 is 0 Å². The molecule has 0 unspecified atom stereocenters. The molecule has 0 aliphatic rings. The summed E-state index contributed by atoms with van der Waals surface area (Å²) in [5.41, 5.74) is 3.80. The lowest BCUT2D eigenvalue weighted by molar-refractivity contribution is -0.903. The lowest BCUT2D eigenvalue weighted by atomic mass is 10.2. The number of nitrogens with zero attached hydrogens (tertiary/aromatic N) is 2. The van der Waals surface area contributed by atoms with Crippen LogP contribution in [-0.2, 0) is 17.7 Å². The van der Waals surface area contributed by atoms with E-state index in [0.29, 0.717) is 18.8 Å². The second kappa shape index (κ2) is 17.4. The monoisotopic (exact) mass is 696 g/mol. The molecule has 0 atom stereocenters. The third-order valence-corrected chi connectivity index (χ3v) is 8.43. The molecule has 9 heteroatoms. The first-order valence-electron chi connectivity index (χ1n) is 13.6. The van der Waals surface area contributed by atoms with Crippen LogP contribution in [0.4, 0.5) is 0 Å². The Kier molecular flexibility index (Phi) is 15.9. The molecule has 0 heterocycles. The molecule has 3 aromatic rings. The van der Waals surface area contributed by atoms with Gasteiger partial charge in [0.05, 0.1) is 41.3 Å². The van der Waals surface area contributed by atoms with Crippen LogP contribution in [0.25, 0.3) is 0 Å². The molecule has 0 saturated carbocycles. The topological polar surface area (TPSA) is 50.4 Å². The minimum atomic E-state index is -3.27. The Hall–Kier alpha value is -1.51. The van der Waals surface area contributed by atoms with Crippen molar-refractivity contribution in [3.8, 4) is 5.75 Å². The lowest BCUT2D eigenvalue weighted by Crippen LogP contribution is -3.00. The molecule has 0 saturated heterocycles. The molecule has 0 aromatic heterocycles. The molecule has 0 bridgehead atoms. The molecule has 3 rings (SSSR count). The van der Waals surface area contributed by atoms with Crippen LogP contribution in [0.1, 0.15) is 29.5 Å². The van der Waals surface area contributed by atoms with E-state index in [1.165, 1.54) is 11.1 Å². The van der Waals surface area contributed by atoms with Crippen LogP contribution in [0, 0.1) is 6.92 Å². The Morgan fingerprint density at radius 3 is 1.45 bits per heavy atom. The smallest absolute Gasteiger partial charge is 0.390 e. The number of nitrogens with one attached hydrogen (secondary N) is 2. The first-order valence-corrected chi connectivity index (χ1v) is 15.3. The quantitative estimate of drug-likeness (QED) is 0.126. The predicted molar refractivity (Wildman–Crippen MR) is 159 cm³/mol. The normalized spacial score (nSPS) is 11.8. The van der Waals surface area contributed by atoms with Crippen LogP contribution in [0.15, 0.2) is 84.9 Å². The Morgan fingerprint density at radius 1 is 0.650 bits per heavy atom. The van der Waals surface area contributed by atoms with E-state index in [1.54, 1.807) is 0 Å². The van der Waals surface area contributed by atoms with Gasteiger partial charge in [0.1, 0.15) is 18.8 Å². The molecule has 2 N–H and O–H groups in total. The van der Waals surface area contributed by atoms with Crippen molar-refractivity contribution < 1.29 is 52.0 Å². The highest BCUT2D eigenvalue weighted by molar-refractivity contribution is 7.55. The summed E-state index contributed by atoms with van der Waals surface area (Å²) in [5.74, 6) is 0.610. The van der Waals surface area contributed by atoms with E-state index < -0.39 is 7.67 Å². The Balaban J connectivity index is 0.00000400. The fraction of sp³-hybridized carbons (Fsp3) is 0.419. The fourth-order valence-electron chi connectivity index (χ4n) is 4.65. The van der Waals surface area contributed by atoms with Gasteiger partial charge in [-0.25, -0.2) is 14.7 Å². The van der Waals surface area contributed by atoms with Crippen molar-refractivity contribution in [1.29, 1.82) is 0 Å². The number of quaternary nitrogens is 2. The summed E-state index contributed by atoms with van der Waals surface area (Å²) in [6.45, 7) is 7.13. The van der Waals surface area contributed by atoms with E-state index in [2.05, 4.69) is 99.0 Å². The average Bonchev–Trinajstić information content (AvgIpc) is 2.87. The summed E-state index contributed by atoms with van der Waals surface area (Å²) in [6, 6.07) is 28.9. The van der Waals surface area contributed by atoms with Gasteiger partial charge in [0.25, 0.3) is 0 Å². The Labute approximate surface area is 263 Å². The van der Waals surface area contributed by atoms with Crippen LogP contribution >= 0.6 is 7.67 Å². The van der Waals surface area contributed by atoms with Gasteiger partial charge in [0.2, 0.25) is 0 Å². The first-order chi connectivity index (χ1) is 18.0. The molecular weight excluding hydrogens is 651 g/mol. The summed E-state index contributed by atoms with van der Waals surface area (Å²) in [4.78, 5) is 0. The molecule has 222 valence electrons. The fourth-order valence-corrected chi connectivity index (χ4v) is 6.21. The second-order valence-corrected chi connectivity index (χ2v) is 13.5. The van der Waals surface area contributed by atoms with Crippen molar-refractivity contribution >= 4 is 7.67 Å². The maximum absolute atomic E-state index is 13.8. The molecule has 6 nitrogen and oxygen atoms in total. The van der Waals surface area contributed by atoms with Crippen molar-refractivity contribution in [2.75, 3.05) is 54.4 Å². The van der Waals surface area contributed by atoms with E-state index in [4.69, 9.17) is 4.52 Å². The van der Waals surface area contributed by atoms with Crippen molar-refractivity contribution in [2.24, 2.45) is 0 Å². The van der Waals surface area contributed by atoms with Crippen LogP contribution in [0.2, 0.25) is 0 Å². The lowest BCUT2D eigenvalue weighted by Gasteiger charge is -2.31. The van der Waals surface area contributed by atoms with E-state index in [-0.39, 0.29) is 34.0 Å². The zero-order valence-corrected chi connectivity index (χ0v) is 28.7. The van der Waals surface area contributed by atoms with Crippen molar-refractivity contribution in [2.45, 2.75) is 32.9 Å². The highest BCUT2D eigenvalue weighted by Gasteiger charge is 2.25. The minimum Gasteiger partial charge on any atom is -1.00 e. The molecule has 0 fully saturated rings. The number of benzene rings is 3. The number of halogens is 2. The van der Waals surface area contributed by atoms with Crippen LogP contribution < -0.4 is 48.7 Å². The Bertz CT molecular complexity index is 1080. The second-order valence-electron chi connectivity index (χ2n) is 11.6. The van der Waals surface area contributed by atoms with Gasteiger partial charge in [-0.05, 0) is 19.1 Å². The van der Waals surface area contributed by atoms with Crippen LogP contribution in [0.3, 0.4) is 0 Å². The molecule has 0 radical (unpaired) electrons. The van der Waals surface area contributed by atoms with E-state index in [1.807, 2.05) is 31.2 Å². The number of aryl methyl sites for hydroxylation is 1. The van der Waals surface area contributed by atoms with Crippen LogP contribution in [-0.4, -0.2) is 63.3 Å². The van der Waals surface area contributed by atoms with E-state index in [0.717, 1.165) is 53.6 Å². The third-order valence-electron chi connectivity index (χ3n) is 6.68. The average molecular weight is 699 g/mol. The van der Waals surface area contributed by atoms with Gasteiger partial charge >= 0.3 is 7.67 Å². The third kappa shape index (κ3) is 13.9. The maximum Gasteiger partial charge on any atom is 0.390 e. The first kappa shape index (κ1) is 36.5. The molecular formula is C31H47Br2N4O2P. The number of hydrogen-bond donors (Lipinski definition) is 2. The zero-order valence-electron chi connectivity index (χ0n) is 24.7. The van der Waals surface area contributed by atoms with Crippen LogP contribution in [0.5, 0.6) is 5.75 Å². The summed E-state index contributed by atoms with van der Waals surface area (Å²) in [6.07, 6.45) is 1.79. The largest absolute Gasteiger partial charge is 1.00 e. The van der Waals surface area contributed by atoms with Gasteiger partial charge in [-0.3, -0.25) is 0 Å². The molecule has 0 aliphatic carbocycles. The summed E-state index contributed by atoms with van der Waals surface area (Å²) >= 11 is 0. The highest BCUT2D eigenvalue weighted by Crippen LogP contribution is 2.38. The van der Waals surface area contributed by atoms with Crippen molar-refractivity contribution in [3.63, 3.8) is 0 Å². The van der Waals surface area contributed by atoms with Gasteiger partial charge in [0, 0.05) is 37.1 Å². The van der Waals surface area contributed by atoms with Crippen molar-refractivity contribution in [1.82, 2.24) is 10.2 Å². The van der Waals surface area contributed by atoms with Crippen molar-refractivity contribution in [3.05, 3.63) is 102 Å². The van der Waals surface area contributed by atoms with Gasteiger partial charge < -0.3 is 47.5 Å². The summed E-state index contributed by atoms with van der Waals surface area (Å²) in [7, 11) is 5.69. The van der Waals surface area contributed by atoms with E-state index in [9.17, 15) is 4.57 Å². The van der Waals surface area contributed by atoms with Gasteiger partial charge in [-0.1, -0.05) is 78.4 Å². The van der Waals surface area contributed by atoms with Gasteiger partial charge in [-0.2, -0.15) is 0 Å². The molecule has 40 heavy (non-hydrogen) atoms. The molecule has 0 amide bonds. The highest BCUT2D eigenvalue weighted by atomic mass is 79.9. The minimum absolute atomic E-state index is 0. The number of hydrogen-bond acceptors (Lipinski definition) is 2. The SMILES string of the molecule is Cc1ccc(OP(=O)(NCCC[N+](C)(C)Cc2ccccc2)NCCC[N+](C)(C)Cc2ccccc2)cc1.[Br-].[Br-]. The predicted octanol–water partition coefficient (Wildman–Crippen LogP) is 0.00252. The molecule has 0 spiro atoms. The molecule has 0 aliphatic heterocycles. The molecule has 3 aromatic carbocycles. The standard InChI is InChI=1S/C31H47N4O2P.2BrH/c1-28-18-20-31(21-19-28)37-38(36,32-22-12-24-34(2,3)26-29-14-8-6-9-15-29)33-23-13-25-35(4,5)27-30-16-10-7-11-17-30;;/h6-11,14-21H,12-13,22-27H2,1-5H3,(H2,32,33,36);2*1H/q+2;;/p-2. The zero-order chi connectivity index (χ0) is 27.5. The summed E-state index contributed by atoms with van der Waals surface area (Å²) in [5, 5.41) is 6.48. The van der Waals surface area contributed by atoms with Gasteiger partial charge in [0.15, 0.2) is 0 Å². The number of rotatable bonds is 16. The summed E-state index contributed by atoms with van der Waals surface area (Å²) < 4.78 is 21.6. The van der Waals surface area contributed by atoms with Gasteiger partial charge in [-0.15, -0.1) is 0 Å². The maximum atomic E-state index is 13.8. The Morgan fingerprint density at radius 2 is 1.05 bits per heavy atom.